The van der Waals surface area contributed by atoms with E-state index in [1.54, 1.807) is 0 Å². The topological polar surface area (TPSA) is 27.7 Å². The molecule has 0 rings (SSSR count). The SMILES string of the molecule is CCCO[SiH](OCCC)OCCCS. The summed E-state index contributed by atoms with van der Waals surface area (Å²) in [4.78, 5) is 0. The molecule has 0 N–H and O–H groups in total. The van der Waals surface area contributed by atoms with E-state index in [0.717, 1.165) is 38.2 Å². The quantitative estimate of drug-likeness (QED) is 0.358. The Labute approximate surface area is 94.5 Å². The van der Waals surface area contributed by atoms with Crippen LogP contribution in [0.4, 0.5) is 0 Å². The van der Waals surface area contributed by atoms with Crippen molar-refractivity contribution in [3.63, 3.8) is 0 Å². The largest absolute Gasteiger partial charge is 0.484 e. The van der Waals surface area contributed by atoms with Crippen LogP contribution in [0.5, 0.6) is 0 Å². The molecule has 0 saturated carbocycles. The Balaban J connectivity index is 3.49. The predicted molar refractivity (Wildman–Crippen MR) is 64.1 cm³/mol. The lowest BCUT2D eigenvalue weighted by molar-refractivity contribution is 0.0936. The van der Waals surface area contributed by atoms with E-state index in [2.05, 4.69) is 26.5 Å². The molecule has 0 atom stereocenters. The minimum absolute atomic E-state index is 0.702. The monoisotopic (exact) mass is 238 g/mol. The van der Waals surface area contributed by atoms with Gasteiger partial charge in [-0.05, 0) is 25.0 Å². The highest BCUT2D eigenvalue weighted by molar-refractivity contribution is 7.80. The Morgan fingerprint density at radius 2 is 1.43 bits per heavy atom. The maximum absolute atomic E-state index is 5.53. The molecule has 0 fully saturated rings. The van der Waals surface area contributed by atoms with Crippen molar-refractivity contribution >= 4 is 22.2 Å². The first-order valence-electron chi connectivity index (χ1n) is 5.30. The molecule has 0 amide bonds. The van der Waals surface area contributed by atoms with Gasteiger partial charge in [0.25, 0.3) is 0 Å². The molecule has 0 spiro atoms. The molecule has 86 valence electrons. The molecule has 3 nitrogen and oxygen atoms in total. The molecule has 0 unspecified atom stereocenters. The Hall–Kier alpha value is 0.447. The smallest absolute Gasteiger partial charge is 0.376 e. The van der Waals surface area contributed by atoms with Crippen LogP contribution in [0.1, 0.15) is 33.1 Å². The molecule has 0 bridgehead atoms. The van der Waals surface area contributed by atoms with Crippen LogP contribution in [-0.2, 0) is 13.3 Å². The van der Waals surface area contributed by atoms with Gasteiger partial charge in [0.05, 0.1) is 0 Å². The first-order valence-corrected chi connectivity index (χ1v) is 7.35. The summed E-state index contributed by atoms with van der Waals surface area (Å²) >= 11 is 4.12. The first kappa shape index (κ1) is 14.4. The average Bonchev–Trinajstić information content (AvgIpc) is 2.21. The molecule has 0 heterocycles. The molecule has 14 heavy (non-hydrogen) atoms. The fourth-order valence-corrected chi connectivity index (χ4v) is 2.45. The first-order chi connectivity index (χ1) is 6.85. The van der Waals surface area contributed by atoms with E-state index in [1.807, 2.05) is 0 Å². The van der Waals surface area contributed by atoms with Crippen LogP contribution >= 0.6 is 12.6 Å². The number of rotatable bonds is 10. The Morgan fingerprint density at radius 1 is 0.929 bits per heavy atom. The minimum atomic E-state index is -1.83. The number of hydrogen-bond acceptors (Lipinski definition) is 4. The van der Waals surface area contributed by atoms with Crippen molar-refractivity contribution in [2.45, 2.75) is 33.1 Å². The van der Waals surface area contributed by atoms with Gasteiger partial charge in [-0.25, -0.2) is 0 Å². The van der Waals surface area contributed by atoms with Gasteiger partial charge in [-0.15, -0.1) is 0 Å². The summed E-state index contributed by atoms with van der Waals surface area (Å²) in [5.41, 5.74) is 0. The number of hydrogen-bond donors (Lipinski definition) is 1. The summed E-state index contributed by atoms with van der Waals surface area (Å²) in [7, 11) is -1.83. The summed E-state index contributed by atoms with van der Waals surface area (Å²) in [6.07, 6.45) is 2.97. The van der Waals surface area contributed by atoms with Crippen molar-refractivity contribution in [2.75, 3.05) is 25.6 Å². The van der Waals surface area contributed by atoms with E-state index in [9.17, 15) is 0 Å². The maximum atomic E-state index is 5.53. The van der Waals surface area contributed by atoms with Crippen LogP contribution in [-0.4, -0.2) is 35.1 Å². The average molecular weight is 238 g/mol. The molecule has 5 heteroatoms. The fourth-order valence-electron chi connectivity index (χ4n) is 0.817. The van der Waals surface area contributed by atoms with Gasteiger partial charge in [-0.3, -0.25) is 0 Å². The van der Waals surface area contributed by atoms with Crippen LogP contribution < -0.4 is 0 Å². The fraction of sp³-hybridized carbons (Fsp3) is 1.00. The second-order valence-corrected chi connectivity index (χ2v) is 5.00. The summed E-state index contributed by atoms with van der Waals surface area (Å²) in [6, 6.07) is 0. The molecular weight excluding hydrogens is 216 g/mol. The summed E-state index contributed by atoms with van der Waals surface area (Å²) in [6.45, 7) is 6.34. The third-order valence-corrected chi connectivity index (χ3v) is 3.31. The Morgan fingerprint density at radius 3 is 1.86 bits per heavy atom. The Bertz CT molecular complexity index is 108. The zero-order valence-electron chi connectivity index (χ0n) is 9.20. The number of thiol groups is 1. The highest BCUT2D eigenvalue weighted by Gasteiger charge is 2.13. The normalized spacial score (nSPS) is 11.1. The summed E-state index contributed by atoms with van der Waals surface area (Å²) < 4.78 is 16.6. The molecule has 0 aliphatic heterocycles. The zero-order chi connectivity index (χ0) is 10.6. The summed E-state index contributed by atoms with van der Waals surface area (Å²) in [5, 5.41) is 0. The molecule has 0 aromatic rings. The third kappa shape index (κ3) is 9.02. The second-order valence-electron chi connectivity index (χ2n) is 2.98. The molecule has 0 aliphatic carbocycles. The van der Waals surface area contributed by atoms with E-state index in [-0.39, 0.29) is 0 Å². The van der Waals surface area contributed by atoms with Gasteiger partial charge in [0.15, 0.2) is 0 Å². The highest BCUT2D eigenvalue weighted by atomic mass is 32.1. The van der Waals surface area contributed by atoms with Gasteiger partial charge in [-0.1, -0.05) is 13.8 Å². The van der Waals surface area contributed by atoms with Gasteiger partial charge in [0.1, 0.15) is 0 Å². The van der Waals surface area contributed by atoms with Gasteiger partial charge in [-0.2, -0.15) is 12.6 Å². The van der Waals surface area contributed by atoms with Crippen LogP contribution in [0.15, 0.2) is 0 Å². The van der Waals surface area contributed by atoms with Crippen LogP contribution in [0, 0.1) is 0 Å². The van der Waals surface area contributed by atoms with Crippen molar-refractivity contribution in [3.05, 3.63) is 0 Å². The van der Waals surface area contributed by atoms with Gasteiger partial charge in [0, 0.05) is 19.8 Å². The molecule has 0 aliphatic rings. The zero-order valence-corrected chi connectivity index (χ0v) is 11.2. The predicted octanol–water partition coefficient (Wildman–Crippen LogP) is 1.89. The molecule has 0 saturated heterocycles. The third-order valence-electron chi connectivity index (χ3n) is 1.47. The van der Waals surface area contributed by atoms with Crippen molar-refractivity contribution in [2.24, 2.45) is 0 Å². The lowest BCUT2D eigenvalue weighted by Crippen LogP contribution is -2.28. The van der Waals surface area contributed by atoms with Crippen molar-refractivity contribution in [1.82, 2.24) is 0 Å². The van der Waals surface area contributed by atoms with E-state index in [0.29, 0.717) is 6.61 Å². The second kappa shape index (κ2) is 11.5. The van der Waals surface area contributed by atoms with E-state index in [1.165, 1.54) is 0 Å². The Kier molecular flexibility index (Phi) is 11.9. The van der Waals surface area contributed by atoms with E-state index >= 15 is 0 Å². The van der Waals surface area contributed by atoms with Crippen molar-refractivity contribution in [3.8, 4) is 0 Å². The molecule has 0 radical (unpaired) electrons. The molecular formula is C9H22O3SSi. The van der Waals surface area contributed by atoms with E-state index < -0.39 is 9.53 Å². The van der Waals surface area contributed by atoms with Crippen LogP contribution in [0.2, 0.25) is 0 Å². The van der Waals surface area contributed by atoms with Crippen molar-refractivity contribution < 1.29 is 13.3 Å². The minimum Gasteiger partial charge on any atom is -0.376 e. The van der Waals surface area contributed by atoms with Gasteiger partial charge < -0.3 is 13.3 Å². The maximum Gasteiger partial charge on any atom is 0.484 e. The highest BCUT2D eigenvalue weighted by Crippen LogP contribution is 1.97. The standard InChI is InChI=1S/C9H22O3SSi/c1-3-6-10-14(11-7-4-2)12-8-5-9-13/h13-14H,3-9H2,1-2H3. The van der Waals surface area contributed by atoms with Gasteiger partial charge in [0.2, 0.25) is 0 Å². The summed E-state index contributed by atoms with van der Waals surface area (Å²) in [5.74, 6) is 0.850. The lowest BCUT2D eigenvalue weighted by Gasteiger charge is -2.15. The van der Waals surface area contributed by atoms with Crippen LogP contribution in [0.3, 0.4) is 0 Å². The molecule has 0 aromatic heterocycles. The molecule has 0 aromatic carbocycles. The lowest BCUT2D eigenvalue weighted by atomic mass is 10.5. The van der Waals surface area contributed by atoms with Crippen molar-refractivity contribution in [1.29, 1.82) is 0 Å². The van der Waals surface area contributed by atoms with Crippen LogP contribution in [0.25, 0.3) is 0 Å². The van der Waals surface area contributed by atoms with Gasteiger partial charge >= 0.3 is 9.53 Å². The van der Waals surface area contributed by atoms with E-state index in [4.69, 9.17) is 13.3 Å².